The minimum atomic E-state index is -1.47. The van der Waals surface area contributed by atoms with Gasteiger partial charge in [-0.3, -0.25) is 9.59 Å². The number of carboxylic acid groups (broad SMARTS) is 1. The summed E-state index contributed by atoms with van der Waals surface area (Å²) in [5.74, 6) is -2.44. The second-order valence-electron chi connectivity index (χ2n) is 4.27. The van der Waals surface area contributed by atoms with Crippen molar-refractivity contribution in [1.29, 1.82) is 0 Å². The number of anilines is 2. The zero-order valence-corrected chi connectivity index (χ0v) is 13.1. The number of carboxylic acids is 1. The molecule has 1 heterocycles. The first kappa shape index (κ1) is 16.7. The first-order valence-electron chi connectivity index (χ1n) is 6.30. The van der Waals surface area contributed by atoms with Crippen LogP contribution in [-0.4, -0.2) is 17.8 Å². The largest absolute Gasteiger partial charge is 0.545 e. The van der Waals surface area contributed by atoms with Crippen LogP contribution in [0.25, 0.3) is 0 Å². The highest BCUT2D eigenvalue weighted by atomic mass is 35.5. The molecule has 8 heteroatoms. The van der Waals surface area contributed by atoms with Crippen molar-refractivity contribution in [2.45, 2.75) is 0 Å². The molecule has 0 unspecified atom stereocenters. The molecule has 0 saturated heterocycles. The van der Waals surface area contributed by atoms with Crippen LogP contribution in [0.15, 0.2) is 47.9 Å². The summed E-state index contributed by atoms with van der Waals surface area (Å²) in [6.45, 7) is 0. The summed E-state index contributed by atoms with van der Waals surface area (Å²) in [7, 11) is 0. The number of thiophene rings is 1. The predicted molar refractivity (Wildman–Crippen MR) is 86.5 cm³/mol. The van der Waals surface area contributed by atoms with Crippen LogP contribution < -0.4 is 15.7 Å². The maximum Gasteiger partial charge on any atom is 0.265 e. The van der Waals surface area contributed by atoms with E-state index in [2.05, 4.69) is 10.6 Å². The van der Waals surface area contributed by atoms with Crippen LogP contribution in [0.4, 0.5) is 11.4 Å². The minimum Gasteiger partial charge on any atom is -0.545 e. The fourth-order valence-corrected chi connectivity index (χ4v) is 2.40. The van der Waals surface area contributed by atoms with Crippen LogP contribution >= 0.6 is 22.9 Å². The van der Waals surface area contributed by atoms with E-state index < -0.39 is 11.9 Å². The lowest BCUT2D eigenvalue weighted by atomic mass is 10.2. The van der Waals surface area contributed by atoms with Gasteiger partial charge in [-0.1, -0.05) is 17.7 Å². The van der Waals surface area contributed by atoms with E-state index in [1.165, 1.54) is 29.5 Å². The molecule has 6 nitrogen and oxygen atoms in total. The van der Waals surface area contributed by atoms with E-state index in [9.17, 15) is 19.5 Å². The van der Waals surface area contributed by atoms with Crippen LogP contribution in [-0.2, 0) is 9.59 Å². The van der Waals surface area contributed by atoms with Gasteiger partial charge >= 0.3 is 0 Å². The van der Waals surface area contributed by atoms with Crippen molar-refractivity contribution in [3.05, 3.63) is 57.8 Å². The lowest BCUT2D eigenvalue weighted by Crippen LogP contribution is -2.20. The summed E-state index contributed by atoms with van der Waals surface area (Å²) >= 11 is 7.30. The van der Waals surface area contributed by atoms with Crippen molar-refractivity contribution in [2.75, 3.05) is 10.6 Å². The van der Waals surface area contributed by atoms with Gasteiger partial charge in [-0.2, -0.15) is 0 Å². The molecule has 0 aliphatic heterocycles. The zero-order valence-electron chi connectivity index (χ0n) is 11.5. The zero-order chi connectivity index (χ0) is 16.8. The van der Waals surface area contributed by atoms with E-state index >= 15 is 0 Å². The molecule has 118 valence electrons. The second kappa shape index (κ2) is 7.57. The summed E-state index contributed by atoms with van der Waals surface area (Å²) < 4.78 is 0. The molecule has 1 aromatic heterocycles. The van der Waals surface area contributed by atoms with E-state index in [1.807, 2.05) is 0 Å². The van der Waals surface area contributed by atoms with E-state index in [1.54, 1.807) is 17.5 Å². The van der Waals surface area contributed by atoms with Gasteiger partial charge in [0.15, 0.2) is 0 Å². The molecule has 0 radical (unpaired) electrons. The molecule has 0 aliphatic carbocycles. The molecular weight excluding hydrogens is 340 g/mol. The topological polar surface area (TPSA) is 98.3 Å². The van der Waals surface area contributed by atoms with E-state index in [0.29, 0.717) is 27.4 Å². The first-order chi connectivity index (χ1) is 11.0. The van der Waals surface area contributed by atoms with Crippen LogP contribution in [0.5, 0.6) is 0 Å². The average Bonchev–Trinajstić information content (AvgIpc) is 3.03. The number of aliphatic carboxylic acids is 1. The summed E-state index contributed by atoms with van der Waals surface area (Å²) in [5.41, 5.74) is 0.677. The highest BCUT2D eigenvalue weighted by molar-refractivity contribution is 7.12. The third kappa shape index (κ3) is 4.94. The molecule has 0 atom stereocenters. The van der Waals surface area contributed by atoms with E-state index in [-0.39, 0.29) is 5.91 Å². The van der Waals surface area contributed by atoms with E-state index in [0.717, 1.165) is 6.08 Å². The summed E-state index contributed by atoms with van der Waals surface area (Å²) in [6.07, 6.45) is 1.44. The van der Waals surface area contributed by atoms with Crippen molar-refractivity contribution in [3.63, 3.8) is 0 Å². The quantitative estimate of drug-likeness (QED) is 0.805. The molecule has 2 aromatic rings. The third-order valence-corrected chi connectivity index (χ3v) is 3.80. The SMILES string of the molecule is O=C([O-])/C=C\C(=O)Nc1ccc(Cl)c(NC(=O)c2cccs2)c1. The standard InChI is InChI=1S/C15H11ClN2O4S/c16-10-4-3-9(17-13(19)5-6-14(20)21)8-11(10)18-15(22)12-2-1-7-23-12/h1-8H,(H,17,19)(H,18,22)(H,20,21)/p-1/b6-5-. The highest BCUT2D eigenvalue weighted by Gasteiger charge is 2.10. The van der Waals surface area contributed by atoms with Gasteiger partial charge in [0.25, 0.3) is 5.91 Å². The molecule has 2 rings (SSSR count). The smallest absolute Gasteiger partial charge is 0.265 e. The number of halogens is 1. The molecule has 0 fully saturated rings. The molecular formula is C15H10ClN2O4S-. The van der Waals surface area contributed by atoms with Crippen molar-refractivity contribution in [3.8, 4) is 0 Å². The number of amides is 2. The number of rotatable bonds is 5. The number of carbonyl (C=O) groups excluding carboxylic acids is 3. The van der Waals surface area contributed by atoms with Gasteiger partial charge in [-0.25, -0.2) is 0 Å². The number of benzene rings is 1. The van der Waals surface area contributed by atoms with Crippen LogP contribution in [0, 0.1) is 0 Å². The number of hydrogen-bond donors (Lipinski definition) is 2. The van der Waals surface area contributed by atoms with Gasteiger partial charge < -0.3 is 20.5 Å². The Balaban J connectivity index is 2.11. The van der Waals surface area contributed by atoms with Gasteiger partial charge in [-0.15, -0.1) is 11.3 Å². The Hall–Kier alpha value is -2.64. The molecule has 2 amide bonds. The number of nitrogens with one attached hydrogen (secondary N) is 2. The molecule has 0 spiro atoms. The first-order valence-corrected chi connectivity index (χ1v) is 7.56. The normalized spacial score (nSPS) is 10.5. The van der Waals surface area contributed by atoms with Crippen molar-refractivity contribution < 1.29 is 19.5 Å². The van der Waals surface area contributed by atoms with Crippen molar-refractivity contribution in [1.82, 2.24) is 0 Å². The molecule has 0 bridgehead atoms. The maximum atomic E-state index is 12.0. The van der Waals surface area contributed by atoms with Crippen LogP contribution in [0.3, 0.4) is 0 Å². The Morgan fingerprint density at radius 3 is 2.57 bits per heavy atom. The van der Waals surface area contributed by atoms with Gasteiger partial charge in [0.2, 0.25) is 5.91 Å². The number of carbonyl (C=O) groups is 3. The summed E-state index contributed by atoms with van der Waals surface area (Å²) in [5, 5.41) is 17.4. The Morgan fingerprint density at radius 1 is 1.13 bits per heavy atom. The Kier molecular flexibility index (Phi) is 5.51. The maximum absolute atomic E-state index is 12.0. The molecule has 0 saturated carbocycles. The van der Waals surface area contributed by atoms with E-state index in [4.69, 9.17) is 11.6 Å². The predicted octanol–water partition coefficient (Wildman–Crippen LogP) is 1.90. The summed E-state index contributed by atoms with van der Waals surface area (Å²) in [4.78, 5) is 34.3. The lowest BCUT2D eigenvalue weighted by molar-refractivity contribution is -0.297. The van der Waals surface area contributed by atoms with Gasteiger partial charge in [0.05, 0.1) is 21.6 Å². The van der Waals surface area contributed by atoms with Crippen molar-refractivity contribution >= 4 is 52.1 Å². The minimum absolute atomic E-state index is 0.304. The fraction of sp³-hybridized carbons (Fsp3) is 0. The number of hydrogen-bond acceptors (Lipinski definition) is 5. The lowest BCUT2D eigenvalue weighted by Gasteiger charge is -2.09. The van der Waals surface area contributed by atoms with Crippen LogP contribution in [0.1, 0.15) is 9.67 Å². The van der Waals surface area contributed by atoms with Crippen molar-refractivity contribution in [2.24, 2.45) is 0 Å². The Labute approximate surface area is 140 Å². The molecule has 23 heavy (non-hydrogen) atoms. The summed E-state index contributed by atoms with van der Waals surface area (Å²) in [6, 6.07) is 7.92. The Bertz CT molecular complexity index is 772. The second-order valence-corrected chi connectivity index (χ2v) is 5.62. The molecule has 1 aromatic carbocycles. The monoisotopic (exact) mass is 349 g/mol. The van der Waals surface area contributed by atoms with Gasteiger partial charge in [0, 0.05) is 11.8 Å². The van der Waals surface area contributed by atoms with Crippen LogP contribution in [0.2, 0.25) is 5.02 Å². The average molecular weight is 350 g/mol. The van der Waals surface area contributed by atoms with Gasteiger partial charge in [-0.05, 0) is 35.7 Å². The molecule has 2 N–H and O–H groups in total. The fourth-order valence-electron chi connectivity index (χ4n) is 1.62. The molecule has 0 aliphatic rings. The highest BCUT2D eigenvalue weighted by Crippen LogP contribution is 2.26. The van der Waals surface area contributed by atoms with Gasteiger partial charge in [0.1, 0.15) is 0 Å². The Morgan fingerprint density at radius 2 is 1.91 bits per heavy atom. The third-order valence-electron chi connectivity index (χ3n) is 2.60.